The first-order valence-electron chi connectivity index (χ1n) is 12.2. The summed E-state index contributed by atoms with van der Waals surface area (Å²) in [6.07, 6.45) is 2.95. The van der Waals surface area contributed by atoms with Crippen molar-refractivity contribution in [2.75, 3.05) is 12.0 Å². The second-order valence-corrected chi connectivity index (χ2v) is 10.9. The van der Waals surface area contributed by atoms with E-state index >= 15 is 0 Å². The topological polar surface area (TPSA) is 110 Å². The smallest absolute Gasteiger partial charge is 0.337 e. The average Bonchev–Trinajstić information content (AvgIpc) is 3.57. The second-order valence-electron chi connectivity index (χ2n) is 8.69. The highest BCUT2D eigenvalue weighted by atomic mass is 32.2. The van der Waals surface area contributed by atoms with Crippen molar-refractivity contribution in [3.05, 3.63) is 125 Å². The lowest BCUT2D eigenvalue weighted by molar-refractivity contribution is -0.117. The predicted octanol–water partition coefficient (Wildman–Crippen LogP) is 5.80. The Morgan fingerprint density at radius 1 is 1.00 bits per heavy atom. The zero-order valence-electron chi connectivity index (χ0n) is 21.3. The van der Waals surface area contributed by atoms with E-state index in [1.165, 1.54) is 41.2 Å². The van der Waals surface area contributed by atoms with Gasteiger partial charge in [0.1, 0.15) is 0 Å². The van der Waals surface area contributed by atoms with E-state index in [9.17, 15) is 19.5 Å². The molecule has 1 amide bonds. The molecule has 0 saturated carbocycles. The molecule has 200 valence electrons. The Kier molecular flexibility index (Phi) is 8.18. The van der Waals surface area contributed by atoms with Gasteiger partial charge in [0.15, 0.2) is 15.9 Å². The lowest BCUT2D eigenvalue weighted by Crippen LogP contribution is -2.30. The third-order valence-electron chi connectivity index (χ3n) is 6.15. The zero-order chi connectivity index (χ0) is 28.1. The lowest BCUT2D eigenvalue weighted by Gasteiger charge is -2.23. The number of nitrogens with zero attached hydrogens (tertiary/aromatic N) is 3. The fourth-order valence-corrected chi connectivity index (χ4v) is 6.02. The third kappa shape index (κ3) is 5.73. The van der Waals surface area contributed by atoms with E-state index in [2.05, 4.69) is 10.2 Å². The predicted molar refractivity (Wildman–Crippen MR) is 154 cm³/mol. The highest BCUT2D eigenvalue weighted by Crippen LogP contribution is 2.43. The monoisotopic (exact) mass is 569 g/mol. The van der Waals surface area contributed by atoms with E-state index in [0.717, 1.165) is 11.1 Å². The van der Waals surface area contributed by atoms with Crippen LogP contribution in [0, 0.1) is 0 Å². The van der Waals surface area contributed by atoms with Crippen molar-refractivity contribution < 1.29 is 24.2 Å². The molecule has 1 unspecified atom stereocenters. The number of ketones is 1. The molecule has 40 heavy (non-hydrogen) atoms. The number of thioether (sulfide) groups is 1. The molecule has 10 heteroatoms. The van der Waals surface area contributed by atoms with Gasteiger partial charge in [-0.1, -0.05) is 102 Å². The minimum absolute atomic E-state index is 0.0864. The van der Waals surface area contributed by atoms with Crippen LogP contribution in [0.2, 0.25) is 0 Å². The standard InChI is InChI=1S/C30H23N3O5S2/c1-38-28(37)22-15-13-21(14-16-22)25-24(23(34)17-12-19-8-4-2-5-9-19)26(35)27(36)33(25)29-31-32-30(40-29)39-18-20-10-6-3-7-11-20/h2-17,25,35H,18H2,1H3. The number of hydrogen-bond donors (Lipinski definition) is 1. The maximum Gasteiger partial charge on any atom is 0.337 e. The van der Waals surface area contributed by atoms with E-state index in [4.69, 9.17) is 4.74 Å². The summed E-state index contributed by atoms with van der Waals surface area (Å²) in [5, 5.41) is 19.6. The zero-order valence-corrected chi connectivity index (χ0v) is 22.9. The van der Waals surface area contributed by atoms with Crippen LogP contribution in [0.4, 0.5) is 5.13 Å². The largest absolute Gasteiger partial charge is 0.503 e. The van der Waals surface area contributed by atoms with Crippen LogP contribution in [0.5, 0.6) is 0 Å². The van der Waals surface area contributed by atoms with Gasteiger partial charge in [-0.15, -0.1) is 10.2 Å². The maximum atomic E-state index is 13.4. The summed E-state index contributed by atoms with van der Waals surface area (Å²) >= 11 is 2.67. The van der Waals surface area contributed by atoms with Gasteiger partial charge in [-0.05, 0) is 34.9 Å². The molecule has 0 bridgehead atoms. The number of esters is 1. The van der Waals surface area contributed by atoms with Crippen molar-refractivity contribution in [3.8, 4) is 0 Å². The molecule has 0 spiro atoms. The van der Waals surface area contributed by atoms with Gasteiger partial charge in [-0.25, -0.2) is 4.79 Å². The van der Waals surface area contributed by atoms with E-state index < -0.39 is 29.5 Å². The summed E-state index contributed by atoms with van der Waals surface area (Å²) in [6.45, 7) is 0. The Morgan fingerprint density at radius 3 is 2.35 bits per heavy atom. The van der Waals surface area contributed by atoms with E-state index in [0.29, 0.717) is 21.2 Å². The van der Waals surface area contributed by atoms with Gasteiger partial charge in [-0.3, -0.25) is 14.5 Å². The molecule has 0 radical (unpaired) electrons. The molecule has 0 aliphatic carbocycles. The number of ether oxygens (including phenoxy) is 1. The van der Waals surface area contributed by atoms with Gasteiger partial charge in [0.05, 0.1) is 24.3 Å². The Labute approximate surface area is 238 Å². The highest BCUT2D eigenvalue weighted by Gasteiger charge is 2.45. The van der Waals surface area contributed by atoms with Crippen molar-refractivity contribution in [1.29, 1.82) is 0 Å². The molecule has 1 atom stereocenters. The molecule has 1 aromatic heterocycles. The second kappa shape index (κ2) is 12.1. The van der Waals surface area contributed by atoms with Crippen molar-refractivity contribution in [2.24, 2.45) is 0 Å². The molecule has 1 N–H and O–H groups in total. The number of benzene rings is 3. The first kappa shape index (κ1) is 27.0. The molecule has 1 aliphatic rings. The lowest BCUT2D eigenvalue weighted by atomic mass is 9.95. The SMILES string of the molecule is COC(=O)c1ccc(C2C(C(=O)C=Cc3ccccc3)=C(O)C(=O)N2c2nnc(SCc3ccccc3)s2)cc1. The van der Waals surface area contributed by atoms with Crippen molar-refractivity contribution >= 4 is 52.0 Å². The number of aromatic nitrogens is 2. The summed E-state index contributed by atoms with van der Waals surface area (Å²) in [6, 6.07) is 24.5. The Morgan fingerprint density at radius 2 is 1.68 bits per heavy atom. The number of anilines is 1. The van der Waals surface area contributed by atoms with Crippen molar-refractivity contribution in [1.82, 2.24) is 10.2 Å². The minimum Gasteiger partial charge on any atom is -0.503 e. The number of aliphatic hydroxyl groups is 1. The molecule has 0 saturated heterocycles. The van der Waals surface area contributed by atoms with Gasteiger partial charge in [0.25, 0.3) is 5.91 Å². The third-order valence-corrected chi connectivity index (χ3v) is 8.28. The van der Waals surface area contributed by atoms with E-state index in [1.807, 2.05) is 60.7 Å². The molecule has 8 nitrogen and oxygen atoms in total. The maximum absolute atomic E-state index is 13.4. The fraction of sp³-hybridized carbons (Fsp3) is 0.100. The number of amides is 1. The van der Waals surface area contributed by atoms with E-state index in [-0.39, 0.29) is 10.7 Å². The molecule has 5 rings (SSSR count). The molecule has 3 aromatic carbocycles. The number of aliphatic hydroxyl groups excluding tert-OH is 1. The fourth-order valence-electron chi connectivity index (χ4n) is 4.19. The quantitative estimate of drug-likeness (QED) is 0.117. The van der Waals surface area contributed by atoms with Crippen molar-refractivity contribution in [2.45, 2.75) is 16.1 Å². The van der Waals surface area contributed by atoms with Crippen LogP contribution in [0.25, 0.3) is 6.08 Å². The summed E-state index contributed by atoms with van der Waals surface area (Å²) in [4.78, 5) is 40.1. The van der Waals surface area contributed by atoms with Crippen molar-refractivity contribution in [3.63, 3.8) is 0 Å². The van der Waals surface area contributed by atoms with Crippen LogP contribution in [0.15, 0.2) is 107 Å². The summed E-state index contributed by atoms with van der Waals surface area (Å²) < 4.78 is 5.42. The molecular formula is C30H23N3O5S2. The summed E-state index contributed by atoms with van der Waals surface area (Å²) in [5.41, 5.74) is 2.64. The molecular weight excluding hydrogens is 546 g/mol. The molecule has 2 heterocycles. The van der Waals surface area contributed by atoms with Crippen LogP contribution in [0.3, 0.4) is 0 Å². The number of rotatable bonds is 9. The highest BCUT2D eigenvalue weighted by molar-refractivity contribution is 8.00. The first-order chi connectivity index (χ1) is 19.5. The van der Waals surface area contributed by atoms with Crippen LogP contribution >= 0.6 is 23.1 Å². The van der Waals surface area contributed by atoms with Crippen LogP contribution in [0.1, 0.15) is 33.1 Å². The molecule has 1 aliphatic heterocycles. The Balaban J connectivity index is 1.48. The van der Waals surface area contributed by atoms with Gasteiger partial charge >= 0.3 is 5.97 Å². The number of carbonyl (C=O) groups excluding carboxylic acids is 3. The number of methoxy groups -OCH3 is 1. The number of allylic oxidation sites excluding steroid dienone is 1. The van der Waals surface area contributed by atoms with Crippen LogP contribution < -0.4 is 4.90 Å². The normalized spacial score (nSPS) is 15.2. The summed E-state index contributed by atoms with van der Waals surface area (Å²) in [7, 11) is 1.28. The number of carbonyl (C=O) groups is 3. The molecule has 0 fully saturated rings. The Hall–Kier alpha value is -4.54. The van der Waals surface area contributed by atoms with Gasteiger partial charge in [0.2, 0.25) is 5.13 Å². The Bertz CT molecular complexity index is 1600. The van der Waals surface area contributed by atoms with E-state index in [1.54, 1.807) is 30.3 Å². The summed E-state index contributed by atoms with van der Waals surface area (Å²) in [5.74, 6) is -1.79. The van der Waals surface area contributed by atoms with Gasteiger partial charge in [-0.2, -0.15) is 0 Å². The minimum atomic E-state index is -0.980. The number of hydrogen-bond acceptors (Lipinski definition) is 9. The first-order valence-corrected chi connectivity index (χ1v) is 14.0. The van der Waals surface area contributed by atoms with Crippen LogP contribution in [-0.4, -0.2) is 40.1 Å². The molecule has 4 aromatic rings. The van der Waals surface area contributed by atoms with Gasteiger partial charge in [0, 0.05) is 5.75 Å². The average molecular weight is 570 g/mol. The van der Waals surface area contributed by atoms with Gasteiger partial charge < -0.3 is 9.84 Å². The van der Waals surface area contributed by atoms with Crippen LogP contribution in [-0.2, 0) is 20.1 Å².